The van der Waals surface area contributed by atoms with Gasteiger partial charge in [-0.25, -0.2) is 0 Å². The maximum atomic E-state index is 5.14. The summed E-state index contributed by atoms with van der Waals surface area (Å²) in [5.74, 6) is 0. The predicted molar refractivity (Wildman–Crippen MR) is 44.6 cm³/mol. The summed E-state index contributed by atoms with van der Waals surface area (Å²) < 4.78 is 5.14. The molecule has 2 rings (SSSR count). The first-order chi connectivity index (χ1) is 5.45. The van der Waals surface area contributed by atoms with E-state index in [1.54, 1.807) is 0 Å². The van der Waals surface area contributed by atoms with Gasteiger partial charge in [0.05, 0.1) is 12.7 Å². The van der Waals surface area contributed by atoms with Crippen molar-refractivity contribution >= 4 is 0 Å². The van der Waals surface area contributed by atoms with Crippen LogP contribution in [-0.2, 0) is 4.74 Å². The highest BCUT2D eigenvalue weighted by molar-refractivity contribution is 4.77. The van der Waals surface area contributed by atoms with Gasteiger partial charge in [0.25, 0.3) is 0 Å². The molecule has 2 heteroatoms. The molecule has 1 N–H and O–H groups in total. The second-order valence-electron chi connectivity index (χ2n) is 3.70. The van der Waals surface area contributed by atoms with E-state index in [-0.39, 0.29) is 0 Å². The second kappa shape index (κ2) is 3.55. The molecular weight excluding hydrogens is 138 g/mol. The minimum atomic E-state index is 0.553. The third kappa shape index (κ3) is 2.46. The van der Waals surface area contributed by atoms with Crippen LogP contribution in [-0.4, -0.2) is 25.3 Å². The average Bonchev–Trinajstić information content (AvgIpc) is 2.86. The highest BCUT2D eigenvalue weighted by atomic mass is 16.6. The molecule has 0 amide bonds. The van der Waals surface area contributed by atoms with E-state index in [1.807, 2.05) is 0 Å². The van der Waals surface area contributed by atoms with Crippen molar-refractivity contribution < 1.29 is 4.74 Å². The second-order valence-corrected chi connectivity index (χ2v) is 3.70. The van der Waals surface area contributed by atoms with E-state index in [0.29, 0.717) is 6.10 Å². The Balaban J connectivity index is 1.59. The van der Waals surface area contributed by atoms with Gasteiger partial charge in [0, 0.05) is 12.6 Å². The van der Waals surface area contributed by atoms with Gasteiger partial charge in [0.15, 0.2) is 0 Å². The van der Waals surface area contributed by atoms with Crippen molar-refractivity contribution in [3.8, 4) is 0 Å². The van der Waals surface area contributed by atoms with Gasteiger partial charge in [-0.15, -0.1) is 0 Å². The van der Waals surface area contributed by atoms with Gasteiger partial charge in [-0.3, -0.25) is 0 Å². The summed E-state index contributed by atoms with van der Waals surface area (Å²) in [6.45, 7) is 2.07. The van der Waals surface area contributed by atoms with Crippen molar-refractivity contribution in [2.24, 2.45) is 0 Å². The van der Waals surface area contributed by atoms with Crippen LogP contribution in [0.4, 0.5) is 0 Å². The highest BCUT2D eigenvalue weighted by Gasteiger charge is 2.23. The topological polar surface area (TPSA) is 24.6 Å². The predicted octanol–water partition coefficient (Wildman–Crippen LogP) is 1.31. The fourth-order valence-electron chi connectivity index (χ4n) is 1.79. The Morgan fingerprint density at radius 3 is 2.55 bits per heavy atom. The van der Waals surface area contributed by atoms with Crippen LogP contribution < -0.4 is 5.32 Å². The van der Waals surface area contributed by atoms with Crippen molar-refractivity contribution in [2.45, 2.75) is 44.2 Å². The third-order valence-electron chi connectivity index (χ3n) is 2.64. The zero-order valence-electron chi connectivity index (χ0n) is 7.01. The van der Waals surface area contributed by atoms with Crippen LogP contribution >= 0.6 is 0 Å². The summed E-state index contributed by atoms with van der Waals surface area (Å²) in [7, 11) is 0. The van der Waals surface area contributed by atoms with Gasteiger partial charge in [-0.2, -0.15) is 0 Å². The zero-order valence-corrected chi connectivity index (χ0v) is 7.01. The lowest BCUT2D eigenvalue weighted by Gasteiger charge is -2.22. The minimum Gasteiger partial charge on any atom is -0.372 e. The summed E-state index contributed by atoms with van der Waals surface area (Å²) in [6.07, 6.45) is 7.60. The summed E-state index contributed by atoms with van der Waals surface area (Å²) in [4.78, 5) is 0. The number of hydrogen-bond donors (Lipinski definition) is 1. The number of hydrogen-bond acceptors (Lipinski definition) is 2. The molecule has 0 aromatic heterocycles. The third-order valence-corrected chi connectivity index (χ3v) is 2.64. The Bertz CT molecular complexity index is 117. The van der Waals surface area contributed by atoms with E-state index in [2.05, 4.69) is 5.32 Å². The lowest BCUT2D eigenvalue weighted by molar-refractivity contribution is 0.341. The van der Waals surface area contributed by atoms with Gasteiger partial charge in [-0.05, 0) is 12.8 Å². The molecule has 0 radical (unpaired) electrons. The zero-order chi connectivity index (χ0) is 7.52. The normalized spacial score (nSPS) is 32.2. The molecule has 1 saturated heterocycles. The van der Waals surface area contributed by atoms with Gasteiger partial charge < -0.3 is 10.1 Å². The molecule has 2 nitrogen and oxygen atoms in total. The van der Waals surface area contributed by atoms with Crippen molar-refractivity contribution in [1.82, 2.24) is 5.32 Å². The maximum Gasteiger partial charge on any atom is 0.0934 e. The lowest BCUT2D eigenvalue weighted by atomic mass is 9.95. The summed E-state index contributed by atoms with van der Waals surface area (Å²) >= 11 is 0. The van der Waals surface area contributed by atoms with Crippen LogP contribution in [0.1, 0.15) is 32.1 Å². The SMILES string of the molecule is C1CCC(NC[C@@H]2CO2)CC1. The van der Waals surface area contributed by atoms with Gasteiger partial charge in [0.1, 0.15) is 0 Å². The highest BCUT2D eigenvalue weighted by Crippen LogP contribution is 2.18. The average molecular weight is 155 g/mol. The quantitative estimate of drug-likeness (QED) is 0.621. The van der Waals surface area contributed by atoms with Gasteiger partial charge in [-0.1, -0.05) is 19.3 Å². The molecule has 64 valence electrons. The van der Waals surface area contributed by atoms with Crippen molar-refractivity contribution in [3.05, 3.63) is 0 Å². The molecule has 1 saturated carbocycles. The summed E-state index contributed by atoms with van der Waals surface area (Å²) in [5, 5.41) is 3.56. The maximum absolute atomic E-state index is 5.14. The lowest BCUT2D eigenvalue weighted by Crippen LogP contribution is -2.33. The Morgan fingerprint density at radius 2 is 1.91 bits per heavy atom. The molecule has 2 fully saturated rings. The number of nitrogens with one attached hydrogen (secondary N) is 1. The van der Waals surface area contributed by atoms with E-state index in [9.17, 15) is 0 Å². The molecule has 2 aliphatic rings. The molecule has 1 heterocycles. The first-order valence-corrected chi connectivity index (χ1v) is 4.80. The van der Waals surface area contributed by atoms with Crippen LogP contribution in [0.5, 0.6) is 0 Å². The minimum absolute atomic E-state index is 0.553. The van der Waals surface area contributed by atoms with Crippen LogP contribution in [0.25, 0.3) is 0 Å². The number of epoxide rings is 1. The Kier molecular flexibility index (Phi) is 2.44. The van der Waals surface area contributed by atoms with E-state index >= 15 is 0 Å². The first kappa shape index (κ1) is 7.56. The molecule has 0 spiro atoms. The van der Waals surface area contributed by atoms with Crippen LogP contribution in [0, 0.1) is 0 Å². The van der Waals surface area contributed by atoms with Crippen LogP contribution in [0.3, 0.4) is 0 Å². The van der Waals surface area contributed by atoms with Gasteiger partial charge >= 0.3 is 0 Å². The number of ether oxygens (including phenoxy) is 1. The molecule has 0 aromatic carbocycles. The van der Waals surface area contributed by atoms with E-state index < -0.39 is 0 Å². The van der Waals surface area contributed by atoms with Gasteiger partial charge in [0.2, 0.25) is 0 Å². The molecule has 0 aromatic rings. The van der Waals surface area contributed by atoms with Crippen molar-refractivity contribution in [1.29, 1.82) is 0 Å². The van der Waals surface area contributed by atoms with Crippen molar-refractivity contribution in [3.63, 3.8) is 0 Å². The standard InChI is InChI=1S/C9H17NO/c1-2-4-8(5-3-1)10-6-9-7-11-9/h8-10H,1-7H2/t9-/m1/s1. The monoisotopic (exact) mass is 155 g/mol. The summed E-state index contributed by atoms with van der Waals surface area (Å²) in [6, 6.07) is 0.799. The Hall–Kier alpha value is -0.0800. The molecule has 1 aliphatic carbocycles. The Labute approximate surface area is 68.3 Å². The number of rotatable bonds is 3. The van der Waals surface area contributed by atoms with Crippen LogP contribution in [0.15, 0.2) is 0 Å². The Morgan fingerprint density at radius 1 is 1.18 bits per heavy atom. The molecule has 0 unspecified atom stereocenters. The molecule has 0 bridgehead atoms. The fourth-order valence-corrected chi connectivity index (χ4v) is 1.79. The largest absolute Gasteiger partial charge is 0.372 e. The molecule has 1 aliphatic heterocycles. The van der Waals surface area contributed by atoms with Crippen molar-refractivity contribution in [2.75, 3.05) is 13.2 Å². The smallest absolute Gasteiger partial charge is 0.0934 e. The van der Waals surface area contributed by atoms with E-state index in [4.69, 9.17) is 4.74 Å². The fraction of sp³-hybridized carbons (Fsp3) is 1.00. The van der Waals surface area contributed by atoms with E-state index in [1.165, 1.54) is 32.1 Å². The van der Waals surface area contributed by atoms with Crippen LogP contribution in [0.2, 0.25) is 0 Å². The summed E-state index contributed by atoms with van der Waals surface area (Å²) in [5.41, 5.74) is 0. The van der Waals surface area contributed by atoms with E-state index in [0.717, 1.165) is 19.2 Å². The molecule has 11 heavy (non-hydrogen) atoms. The molecular formula is C9H17NO. The molecule has 1 atom stereocenters. The first-order valence-electron chi connectivity index (χ1n) is 4.80.